The Balaban J connectivity index is 2.44. The van der Waals surface area contributed by atoms with Crippen molar-refractivity contribution in [3.05, 3.63) is 66.0 Å². The minimum Gasteiger partial charge on any atom is -0.352 e. The van der Waals surface area contributed by atoms with Crippen molar-refractivity contribution in [2.45, 2.75) is 45.8 Å². The fourth-order valence-corrected chi connectivity index (χ4v) is 4.25. The van der Waals surface area contributed by atoms with Gasteiger partial charge in [0.1, 0.15) is 18.4 Å². The highest BCUT2D eigenvalue weighted by atomic mass is 32.2. The third kappa shape index (κ3) is 6.77. The standard InChI is InChI=1S/C24H33FN4O4S/c1-6-18(2)26-24(31)19(3)28(16-20-12-8-7-9-13-20)23(30)17-29(34(32,33)27(4)5)22-15-11-10-14-21(22)25/h7-15,18-19H,6,16-17H2,1-5H3,(H,26,31)/t18-,19+/m1/s1. The van der Waals surface area contributed by atoms with Crippen LogP contribution in [-0.2, 0) is 26.3 Å². The first-order chi connectivity index (χ1) is 16.0. The molecule has 10 heteroatoms. The topological polar surface area (TPSA) is 90.0 Å². The van der Waals surface area contributed by atoms with Crippen molar-refractivity contribution >= 4 is 27.7 Å². The Morgan fingerprint density at radius 3 is 2.15 bits per heavy atom. The molecule has 34 heavy (non-hydrogen) atoms. The maximum atomic E-state index is 14.6. The number of carbonyl (C=O) groups is 2. The van der Waals surface area contributed by atoms with Crippen LogP contribution < -0.4 is 9.62 Å². The average Bonchev–Trinajstić information content (AvgIpc) is 2.81. The minimum atomic E-state index is -4.21. The Morgan fingerprint density at radius 1 is 1.00 bits per heavy atom. The van der Waals surface area contributed by atoms with E-state index in [2.05, 4.69) is 5.32 Å². The first-order valence-corrected chi connectivity index (χ1v) is 12.5. The molecule has 0 aliphatic carbocycles. The maximum Gasteiger partial charge on any atom is 0.304 e. The van der Waals surface area contributed by atoms with Gasteiger partial charge in [-0.2, -0.15) is 12.7 Å². The van der Waals surface area contributed by atoms with Crippen molar-refractivity contribution in [2.75, 3.05) is 24.9 Å². The molecule has 0 saturated heterocycles. The van der Waals surface area contributed by atoms with Crippen LogP contribution in [-0.4, -0.2) is 62.2 Å². The van der Waals surface area contributed by atoms with E-state index < -0.39 is 34.5 Å². The number of benzene rings is 2. The zero-order valence-corrected chi connectivity index (χ0v) is 21.0. The van der Waals surface area contributed by atoms with Gasteiger partial charge in [0.25, 0.3) is 0 Å². The van der Waals surface area contributed by atoms with Crippen molar-refractivity contribution in [1.29, 1.82) is 0 Å². The lowest BCUT2D eigenvalue weighted by atomic mass is 10.1. The molecule has 1 N–H and O–H groups in total. The van der Waals surface area contributed by atoms with Crippen LogP contribution in [0.4, 0.5) is 10.1 Å². The van der Waals surface area contributed by atoms with Gasteiger partial charge < -0.3 is 10.2 Å². The summed E-state index contributed by atoms with van der Waals surface area (Å²) < 4.78 is 42.3. The number of halogens is 1. The van der Waals surface area contributed by atoms with E-state index in [-0.39, 0.29) is 24.2 Å². The second-order valence-corrected chi connectivity index (χ2v) is 10.3. The van der Waals surface area contributed by atoms with E-state index in [0.29, 0.717) is 6.42 Å². The fraction of sp³-hybridized carbons (Fsp3) is 0.417. The summed E-state index contributed by atoms with van der Waals surface area (Å²) in [7, 11) is -1.60. The van der Waals surface area contributed by atoms with E-state index >= 15 is 0 Å². The normalized spacial score (nSPS) is 13.3. The quantitative estimate of drug-likeness (QED) is 0.522. The van der Waals surface area contributed by atoms with E-state index in [4.69, 9.17) is 0 Å². The van der Waals surface area contributed by atoms with Gasteiger partial charge in [0.2, 0.25) is 11.8 Å². The molecule has 0 aliphatic rings. The zero-order chi connectivity index (χ0) is 25.5. The summed E-state index contributed by atoms with van der Waals surface area (Å²) in [5.41, 5.74) is 0.521. The number of para-hydroxylation sites is 1. The van der Waals surface area contributed by atoms with Crippen LogP contribution in [0.1, 0.15) is 32.8 Å². The van der Waals surface area contributed by atoms with Crippen LogP contribution in [0.3, 0.4) is 0 Å². The monoisotopic (exact) mass is 492 g/mol. The van der Waals surface area contributed by atoms with Crippen molar-refractivity contribution in [3.8, 4) is 0 Å². The van der Waals surface area contributed by atoms with Gasteiger partial charge in [0.15, 0.2) is 0 Å². The molecule has 2 aromatic carbocycles. The second-order valence-electron chi connectivity index (χ2n) is 8.25. The van der Waals surface area contributed by atoms with E-state index in [1.165, 1.54) is 37.2 Å². The molecule has 2 rings (SSSR count). The summed E-state index contributed by atoms with van der Waals surface area (Å²) in [4.78, 5) is 27.7. The number of hydrogen-bond donors (Lipinski definition) is 1. The molecule has 0 unspecified atom stereocenters. The zero-order valence-electron chi connectivity index (χ0n) is 20.2. The summed E-state index contributed by atoms with van der Waals surface area (Å²) >= 11 is 0. The summed E-state index contributed by atoms with van der Waals surface area (Å²) in [6.45, 7) is 4.79. The Morgan fingerprint density at radius 2 is 1.59 bits per heavy atom. The van der Waals surface area contributed by atoms with Crippen LogP contribution >= 0.6 is 0 Å². The summed E-state index contributed by atoms with van der Waals surface area (Å²) in [5, 5.41) is 2.86. The van der Waals surface area contributed by atoms with Crippen molar-refractivity contribution in [2.24, 2.45) is 0 Å². The molecule has 2 amide bonds. The predicted molar refractivity (Wildman–Crippen MR) is 131 cm³/mol. The molecular formula is C24H33FN4O4S. The van der Waals surface area contributed by atoms with E-state index in [9.17, 15) is 22.4 Å². The highest BCUT2D eigenvalue weighted by molar-refractivity contribution is 7.90. The maximum absolute atomic E-state index is 14.6. The van der Waals surface area contributed by atoms with Crippen molar-refractivity contribution in [3.63, 3.8) is 0 Å². The smallest absolute Gasteiger partial charge is 0.304 e. The van der Waals surface area contributed by atoms with Crippen LogP contribution in [0.15, 0.2) is 54.6 Å². The number of amides is 2. The highest BCUT2D eigenvalue weighted by Crippen LogP contribution is 2.23. The summed E-state index contributed by atoms with van der Waals surface area (Å²) in [6, 6.07) is 13.4. The first kappa shape index (κ1) is 27.3. The van der Waals surface area contributed by atoms with Gasteiger partial charge in [-0.3, -0.25) is 9.59 Å². The molecule has 0 bridgehead atoms. The largest absolute Gasteiger partial charge is 0.352 e. The van der Waals surface area contributed by atoms with Gasteiger partial charge in [-0.1, -0.05) is 49.4 Å². The Kier molecular flexibility index (Phi) is 9.57. The predicted octanol–water partition coefficient (Wildman–Crippen LogP) is 2.77. The Bertz CT molecular complexity index is 1080. The molecule has 0 radical (unpaired) electrons. The molecule has 0 heterocycles. The van der Waals surface area contributed by atoms with Gasteiger partial charge in [-0.15, -0.1) is 0 Å². The highest BCUT2D eigenvalue weighted by Gasteiger charge is 2.33. The number of anilines is 1. The summed E-state index contributed by atoms with van der Waals surface area (Å²) in [6.07, 6.45) is 0.716. The molecule has 2 atom stereocenters. The van der Waals surface area contributed by atoms with Gasteiger partial charge in [0.05, 0.1) is 5.69 Å². The molecular weight excluding hydrogens is 459 g/mol. The SMILES string of the molecule is CC[C@@H](C)NC(=O)[C@H](C)N(Cc1ccccc1)C(=O)CN(c1ccccc1F)S(=O)(=O)N(C)C. The lowest BCUT2D eigenvalue weighted by Crippen LogP contribution is -2.53. The van der Waals surface area contributed by atoms with E-state index in [0.717, 1.165) is 20.2 Å². The lowest BCUT2D eigenvalue weighted by molar-refractivity contribution is -0.139. The third-order valence-corrected chi connectivity index (χ3v) is 7.31. The Hall–Kier alpha value is -2.98. The van der Waals surface area contributed by atoms with Gasteiger partial charge >= 0.3 is 10.2 Å². The molecule has 0 aliphatic heterocycles. The molecule has 0 aromatic heterocycles. The summed E-state index contributed by atoms with van der Waals surface area (Å²) in [5.74, 6) is -1.77. The van der Waals surface area contributed by atoms with Crippen molar-refractivity contribution < 1.29 is 22.4 Å². The van der Waals surface area contributed by atoms with Gasteiger partial charge in [-0.05, 0) is 38.0 Å². The number of nitrogens with zero attached hydrogens (tertiary/aromatic N) is 3. The van der Waals surface area contributed by atoms with Gasteiger partial charge in [-0.25, -0.2) is 8.70 Å². The number of carbonyl (C=O) groups excluding carboxylic acids is 2. The van der Waals surface area contributed by atoms with E-state index in [1.807, 2.05) is 44.2 Å². The molecule has 0 saturated carbocycles. The molecule has 2 aromatic rings. The first-order valence-electron chi connectivity index (χ1n) is 11.1. The minimum absolute atomic E-state index is 0.0852. The van der Waals surface area contributed by atoms with Crippen molar-refractivity contribution in [1.82, 2.24) is 14.5 Å². The fourth-order valence-electron chi connectivity index (χ4n) is 3.18. The van der Waals surface area contributed by atoms with Gasteiger partial charge in [0, 0.05) is 26.7 Å². The number of nitrogens with one attached hydrogen (secondary N) is 1. The Labute approximate surface area is 201 Å². The van der Waals surface area contributed by atoms with Crippen LogP contribution in [0.5, 0.6) is 0 Å². The second kappa shape index (κ2) is 11.9. The molecule has 0 fully saturated rings. The van der Waals surface area contributed by atoms with Crippen LogP contribution in [0.25, 0.3) is 0 Å². The van der Waals surface area contributed by atoms with E-state index in [1.54, 1.807) is 6.92 Å². The average molecular weight is 493 g/mol. The molecule has 186 valence electrons. The van der Waals surface area contributed by atoms with Crippen LogP contribution in [0, 0.1) is 5.82 Å². The van der Waals surface area contributed by atoms with Crippen LogP contribution in [0.2, 0.25) is 0 Å². The molecule has 0 spiro atoms. The molecule has 8 nitrogen and oxygen atoms in total. The lowest BCUT2D eigenvalue weighted by Gasteiger charge is -2.33. The third-order valence-electron chi connectivity index (χ3n) is 5.50. The number of rotatable bonds is 11. The number of hydrogen-bond acceptors (Lipinski definition) is 4.